The van der Waals surface area contributed by atoms with E-state index in [1.54, 1.807) is 0 Å². The summed E-state index contributed by atoms with van der Waals surface area (Å²) >= 11 is 1.87. The van der Waals surface area contributed by atoms with E-state index in [0.717, 1.165) is 18.9 Å². The van der Waals surface area contributed by atoms with Crippen molar-refractivity contribution in [1.82, 2.24) is 5.32 Å². The Morgan fingerprint density at radius 3 is 2.75 bits per heavy atom. The van der Waals surface area contributed by atoms with Crippen molar-refractivity contribution >= 4 is 11.3 Å². The number of rotatable bonds is 2. The van der Waals surface area contributed by atoms with E-state index in [2.05, 4.69) is 10.7 Å². The lowest BCUT2D eigenvalue weighted by Gasteiger charge is -2.23. The summed E-state index contributed by atoms with van der Waals surface area (Å²) in [6.45, 7) is 4.83. The van der Waals surface area contributed by atoms with Crippen molar-refractivity contribution < 1.29 is 4.74 Å². The van der Waals surface area contributed by atoms with Crippen LogP contribution < -0.4 is 10.1 Å². The van der Waals surface area contributed by atoms with Crippen molar-refractivity contribution in [2.75, 3.05) is 13.7 Å². The first-order chi connectivity index (χ1) is 7.88. The summed E-state index contributed by atoms with van der Waals surface area (Å²) in [5.41, 5.74) is 1.49. The first-order valence-corrected chi connectivity index (χ1v) is 7.16. The van der Waals surface area contributed by atoms with Gasteiger partial charge in [0.15, 0.2) is 0 Å². The van der Waals surface area contributed by atoms with E-state index in [9.17, 15) is 0 Å². The second-order valence-electron chi connectivity index (χ2n) is 4.22. The van der Waals surface area contributed by atoms with E-state index in [0.29, 0.717) is 6.04 Å². The van der Waals surface area contributed by atoms with Gasteiger partial charge in [-0.2, -0.15) is 0 Å². The predicted molar refractivity (Wildman–Crippen MR) is 69.7 cm³/mol. The Bertz CT molecular complexity index is 344. The molecule has 0 radical (unpaired) electrons. The number of likely N-dealkylation sites (N-methyl/N-ethyl adjacent to an activating group) is 1. The number of nitrogens with one attached hydrogen (secondary N) is 1. The van der Waals surface area contributed by atoms with E-state index in [-0.39, 0.29) is 0 Å². The average Bonchev–Trinajstić information content (AvgIpc) is 3.11. The molecule has 1 fully saturated rings. The minimum absolute atomic E-state index is 0.508. The Kier molecular flexibility index (Phi) is 3.87. The normalized spacial score (nSPS) is 22.8. The van der Waals surface area contributed by atoms with Crippen LogP contribution in [0.15, 0.2) is 5.38 Å². The van der Waals surface area contributed by atoms with Gasteiger partial charge >= 0.3 is 0 Å². The molecule has 1 aliphatic heterocycles. The van der Waals surface area contributed by atoms with E-state index < -0.39 is 0 Å². The molecule has 2 heterocycles. The molecular formula is C13H21NOS. The van der Waals surface area contributed by atoms with Gasteiger partial charge in [-0.3, -0.25) is 0 Å². The van der Waals surface area contributed by atoms with Gasteiger partial charge in [0, 0.05) is 22.9 Å². The summed E-state index contributed by atoms with van der Waals surface area (Å²) in [7, 11) is 2.01. The highest BCUT2D eigenvalue weighted by atomic mass is 32.1. The maximum Gasteiger partial charge on any atom is 0.136 e. The number of ether oxygens (including phenoxy) is 1. The van der Waals surface area contributed by atoms with Crippen LogP contribution in [0.25, 0.3) is 0 Å². The maximum atomic E-state index is 5.85. The first-order valence-electron chi connectivity index (χ1n) is 6.29. The van der Waals surface area contributed by atoms with Crippen LogP contribution in [0.4, 0.5) is 0 Å². The van der Waals surface area contributed by atoms with Crippen LogP contribution in [0.5, 0.6) is 5.75 Å². The van der Waals surface area contributed by atoms with Crippen LogP contribution in [0.2, 0.25) is 0 Å². The number of hydrogen-bond acceptors (Lipinski definition) is 3. The molecule has 1 atom stereocenters. The van der Waals surface area contributed by atoms with Gasteiger partial charge in [-0.25, -0.2) is 0 Å². The molecule has 0 amide bonds. The predicted octanol–water partition coefficient (Wildman–Crippen LogP) is 3.17. The Morgan fingerprint density at radius 1 is 1.38 bits per heavy atom. The minimum Gasteiger partial charge on any atom is -0.490 e. The summed E-state index contributed by atoms with van der Waals surface area (Å²) in [5, 5.41) is 5.59. The molecule has 90 valence electrons. The summed E-state index contributed by atoms with van der Waals surface area (Å²) in [4.78, 5) is 1.44. The lowest BCUT2D eigenvalue weighted by molar-refractivity contribution is 0.246. The Balaban J connectivity index is 0.000000457. The Labute approximate surface area is 102 Å². The second kappa shape index (κ2) is 5.19. The highest BCUT2D eigenvalue weighted by Gasteiger charge is 2.31. The van der Waals surface area contributed by atoms with Gasteiger partial charge in [0.2, 0.25) is 0 Å². The molecule has 1 aromatic rings. The molecule has 0 saturated heterocycles. The van der Waals surface area contributed by atoms with Crippen LogP contribution in [-0.2, 0) is 6.42 Å². The third-order valence-electron chi connectivity index (χ3n) is 3.13. The molecular weight excluding hydrogens is 218 g/mol. The van der Waals surface area contributed by atoms with E-state index >= 15 is 0 Å². The number of thiophene rings is 1. The molecule has 0 bridgehead atoms. The molecule has 2 nitrogen and oxygen atoms in total. The van der Waals surface area contributed by atoms with Crippen LogP contribution >= 0.6 is 11.3 Å². The average molecular weight is 239 g/mol. The van der Waals surface area contributed by atoms with Gasteiger partial charge < -0.3 is 10.1 Å². The zero-order valence-electron chi connectivity index (χ0n) is 10.4. The summed E-state index contributed by atoms with van der Waals surface area (Å²) < 4.78 is 5.85. The Hall–Kier alpha value is -0.540. The summed E-state index contributed by atoms with van der Waals surface area (Å²) in [6, 6.07) is 0.508. The highest BCUT2D eigenvalue weighted by Crippen LogP contribution is 2.48. The van der Waals surface area contributed by atoms with Crippen LogP contribution in [0.3, 0.4) is 0 Å². The topological polar surface area (TPSA) is 21.3 Å². The summed E-state index contributed by atoms with van der Waals surface area (Å²) in [5.74, 6) is 2.05. The molecule has 16 heavy (non-hydrogen) atoms. The fourth-order valence-electron chi connectivity index (χ4n) is 2.04. The summed E-state index contributed by atoms with van der Waals surface area (Å²) in [6.07, 6.45) is 3.87. The lowest BCUT2D eigenvalue weighted by Crippen LogP contribution is -2.36. The molecule has 3 rings (SSSR count). The van der Waals surface area contributed by atoms with Gasteiger partial charge in [0.05, 0.1) is 0 Å². The third-order valence-corrected chi connectivity index (χ3v) is 4.14. The number of hydrogen-bond donors (Lipinski definition) is 1. The van der Waals surface area contributed by atoms with Gasteiger partial charge in [0.1, 0.15) is 12.4 Å². The van der Waals surface area contributed by atoms with Crippen molar-refractivity contribution in [2.24, 2.45) is 0 Å². The standard InChI is InChI=1S/C11H15NOS.C2H6/c1-12-8-4-10-11(13-5-8)9(6-14-10)7-2-3-7;1-2/h6-8,12H,2-5H2,1H3;1-2H3. The smallest absolute Gasteiger partial charge is 0.136 e. The van der Waals surface area contributed by atoms with Crippen molar-refractivity contribution in [3.05, 3.63) is 15.8 Å². The number of fused-ring (bicyclic) bond motifs is 1. The van der Waals surface area contributed by atoms with Crippen LogP contribution in [-0.4, -0.2) is 19.7 Å². The quantitative estimate of drug-likeness (QED) is 0.856. The molecule has 2 aliphatic rings. The van der Waals surface area contributed by atoms with Crippen LogP contribution in [0.1, 0.15) is 43.0 Å². The van der Waals surface area contributed by atoms with E-state index in [1.807, 2.05) is 32.2 Å². The molecule has 1 unspecified atom stereocenters. The SMILES string of the molecule is CC.CNC1COc2c(C3CC3)csc2C1. The van der Waals surface area contributed by atoms with Gasteiger partial charge in [0.25, 0.3) is 0 Å². The maximum absolute atomic E-state index is 5.85. The Morgan fingerprint density at radius 2 is 2.12 bits per heavy atom. The fourth-order valence-corrected chi connectivity index (χ4v) is 3.19. The van der Waals surface area contributed by atoms with Crippen molar-refractivity contribution in [3.8, 4) is 5.75 Å². The van der Waals surface area contributed by atoms with E-state index in [4.69, 9.17) is 4.74 Å². The third kappa shape index (κ3) is 2.25. The molecule has 1 N–H and O–H groups in total. The fraction of sp³-hybridized carbons (Fsp3) is 0.692. The first kappa shape index (κ1) is 11.9. The molecule has 0 spiro atoms. The van der Waals surface area contributed by atoms with Gasteiger partial charge in [-0.05, 0) is 31.2 Å². The molecule has 1 aromatic heterocycles. The van der Waals surface area contributed by atoms with E-state index in [1.165, 1.54) is 29.0 Å². The molecule has 0 aromatic carbocycles. The molecule has 3 heteroatoms. The van der Waals surface area contributed by atoms with Crippen molar-refractivity contribution in [1.29, 1.82) is 0 Å². The highest BCUT2D eigenvalue weighted by molar-refractivity contribution is 7.10. The van der Waals surface area contributed by atoms with Crippen LogP contribution in [0, 0.1) is 0 Å². The van der Waals surface area contributed by atoms with Gasteiger partial charge in [-0.1, -0.05) is 13.8 Å². The van der Waals surface area contributed by atoms with Crippen molar-refractivity contribution in [2.45, 2.75) is 45.1 Å². The van der Waals surface area contributed by atoms with Crippen molar-refractivity contribution in [3.63, 3.8) is 0 Å². The minimum atomic E-state index is 0.508. The zero-order valence-corrected chi connectivity index (χ0v) is 11.2. The monoisotopic (exact) mass is 239 g/mol. The molecule has 1 saturated carbocycles. The van der Waals surface area contributed by atoms with Gasteiger partial charge in [-0.15, -0.1) is 11.3 Å². The second-order valence-corrected chi connectivity index (χ2v) is 5.18. The molecule has 1 aliphatic carbocycles. The largest absolute Gasteiger partial charge is 0.490 e. The zero-order chi connectivity index (χ0) is 11.5. The lowest BCUT2D eigenvalue weighted by atomic mass is 10.1.